The molecule has 0 saturated heterocycles. The van der Waals surface area contributed by atoms with Gasteiger partial charge in [-0.3, -0.25) is 14.5 Å². The van der Waals surface area contributed by atoms with Gasteiger partial charge < -0.3 is 4.74 Å². The van der Waals surface area contributed by atoms with Gasteiger partial charge >= 0.3 is 5.97 Å². The Labute approximate surface area is 195 Å². The lowest BCUT2D eigenvalue weighted by atomic mass is 10.0. The molecule has 0 N–H and O–H groups in total. The number of thioether (sulfide) groups is 1. The molecule has 1 aromatic heterocycles. The number of benzene rings is 2. The molecule has 0 aliphatic carbocycles. The molecular weight excluding hydrogens is 452 g/mol. The Balaban J connectivity index is 1.66. The zero-order valence-corrected chi connectivity index (χ0v) is 20.2. The number of aromatic nitrogens is 1. The van der Waals surface area contributed by atoms with Crippen LogP contribution in [0.25, 0.3) is 0 Å². The Hall–Kier alpha value is -2.35. The molecule has 0 fully saturated rings. The summed E-state index contributed by atoms with van der Waals surface area (Å²) >= 11 is 8.78. The molecule has 0 radical (unpaired) electrons. The van der Waals surface area contributed by atoms with Crippen LogP contribution >= 0.6 is 34.7 Å². The second kappa shape index (κ2) is 10.3. The van der Waals surface area contributed by atoms with Crippen LogP contribution in [0.1, 0.15) is 29.3 Å². The van der Waals surface area contributed by atoms with E-state index in [0.29, 0.717) is 15.8 Å². The number of halogens is 1. The predicted octanol–water partition coefficient (Wildman–Crippen LogP) is 6.24. The molecule has 5 nitrogen and oxygen atoms in total. The summed E-state index contributed by atoms with van der Waals surface area (Å²) in [5, 5.41) is 2.97. The number of esters is 1. The van der Waals surface area contributed by atoms with Crippen molar-refractivity contribution >= 4 is 57.4 Å². The molecule has 0 aliphatic heterocycles. The minimum Gasteiger partial charge on any atom is -0.459 e. The van der Waals surface area contributed by atoms with Gasteiger partial charge in [0.2, 0.25) is 5.91 Å². The van der Waals surface area contributed by atoms with Gasteiger partial charge in [0.25, 0.3) is 0 Å². The lowest BCUT2D eigenvalue weighted by molar-refractivity contribution is -0.141. The molecule has 0 aliphatic rings. The predicted molar refractivity (Wildman–Crippen MR) is 128 cm³/mol. The van der Waals surface area contributed by atoms with Gasteiger partial charge in [-0.05, 0) is 44.0 Å². The van der Waals surface area contributed by atoms with Crippen LogP contribution in [-0.2, 0) is 20.9 Å². The molecule has 2 aromatic carbocycles. The van der Waals surface area contributed by atoms with Gasteiger partial charge in [-0.15, -0.1) is 23.1 Å². The quantitative estimate of drug-likeness (QED) is 0.299. The Morgan fingerprint density at radius 1 is 1.16 bits per heavy atom. The van der Waals surface area contributed by atoms with E-state index in [-0.39, 0.29) is 24.2 Å². The molecule has 8 heteroatoms. The van der Waals surface area contributed by atoms with Crippen molar-refractivity contribution in [1.82, 2.24) is 4.98 Å². The zero-order chi connectivity index (χ0) is 22.5. The fraction of sp³-hybridized carbons (Fsp3) is 0.261. The Bertz CT molecular complexity index is 1090. The van der Waals surface area contributed by atoms with E-state index in [4.69, 9.17) is 16.3 Å². The van der Waals surface area contributed by atoms with Crippen LogP contribution in [0.15, 0.2) is 46.7 Å². The first kappa shape index (κ1) is 23.3. The number of thiazole rings is 1. The van der Waals surface area contributed by atoms with Crippen LogP contribution in [-0.4, -0.2) is 22.6 Å². The van der Waals surface area contributed by atoms with Crippen molar-refractivity contribution in [2.24, 2.45) is 0 Å². The van der Waals surface area contributed by atoms with Crippen molar-refractivity contribution in [1.29, 1.82) is 0 Å². The summed E-state index contributed by atoms with van der Waals surface area (Å²) < 4.78 is 5.35. The maximum Gasteiger partial charge on any atom is 0.316 e. The van der Waals surface area contributed by atoms with Gasteiger partial charge in [0, 0.05) is 17.2 Å². The van der Waals surface area contributed by atoms with E-state index in [0.717, 1.165) is 27.3 Å². The Morgan fingerprint density at radius 2 is 1.84 bits per heavy atom. The average molecular weight is 475 g/mol. The van der Waals surface area contributed by atoms with Crippen molar-refractivity contribution in [2.75, 3.05) is 10.7 Å². The van der Waals surface area contributed by atoms with Gasteiger partial charge in [-0.2, -0.15) is 0 Å². The topological polar surface area (TPSA) is 59.5 Å². The molecule has 1 heterocycles. The molecule has 0 spiro atoms. The van der Waals surface area contributed by atoms with Crippen LogP contribution < -0.4 is 4.90 Å². The van der Waals surface area contributed by atoms with E-state index in [1.54, 1.807) is 16.3 Å². The number of carbonyl (C=O) groups is 2. The first-order chi connectivity index (χ1) is 14.8. The van der Waals surface area contributed by atoms with Crippen molar-refractivity contribution in [2.45, 2.75) is 39.2 Å². The third-order valence-electron chi connectivity index (χ3n) is 4.47. The van der Waals surface area contributed by atoms with Crippen molar-refractivity contribution < 1.29 is 14.3 Å². The standard InChI is InChI=1S/C23H23ClN2O3S2/c1-14-9-15(2)22(16(3)10-14)26(17(4)27)23-25-18(12-31-23)11-29-21(28)13-30-20-8-6-5-7-19(20)24/h5-10,12H,11,13H2,1-4H3. The highest BCUT2D eigenvalue weighted by atomic mass is 35.5. The SMILES string of the molecule is CC(=O)N(c1nc(COC(=O)CSc2ccccc2Cl)cs1)c1c(C)cc(C)cc1C. The van der Waals surface area contributed by atoms with Crippen LogP contribution in [0.5, 0.6) is 0 Å². The molecule has 0 saturated carbocycles. The number of anilines is 2. The minimum absolute atomic E-state index is 0.0516. The Kier molecular flexibility index (Phi) is 7.75. The lowest BCUT2D eigenvalue weighted by Gasteiger charge is -2.23. The molecule has 1 amide bonds. The molecule has 0 atom stereocenters. The maximum absolute atomic E-state index is 12.5. The fourth-order valence-electron chi connectivity index (χ4n) is 3.27. The van der Waals surface area contributed by atoms with E-state index in [9.17, 15) is 9.59 Å². The smallest absolute Gasteiger partial charge is 0.316 e. The highest BCUT2D eigenvalue weighted by Crippen LogP contribution is 2.34. The van der Waals surface area contributed by atoms with Gasteiger partial charge in [0.05, 0.1) is 22.2 Å². The summed E-state index contributed by atoms with van der Waals surface area (Å²) in [6.07, 6.45) is 0. The molecule has 3 aromatic rings. The van der Waals surface area contributed by atoms with E-state index in [1.165, 1.54) is 30.0 Å². The average Bonchev–Trinajstić information content (AvgIpc) is 3.16. The summed E-state index contributed by atoms with van der Waals surface area (Å²) in [6.45, 7) is 7.57. The van der Waals surface area contributed by atoms with Gasteiger partial charge in [-0.1, -0.05) is 41.4 Å². The van der Waals surface area contributed by atoms with Crippen molar-refractivity contribution in [3.63, 3.8) is 0 Å². The van der Waals surface area contributed by atoms with E-state index < -0.39 is 0 Å². The summed E-state index contributed by atoms with van der Waals surface area (Å²) in [7, 11) is 0. The minimum atomic E-state index is -0.354. The summed E-state index contributed by atoms with van der Waals surface area (Å²) in [6, 6.07) is 11.4. The monoisotopic (exact) mass is 474 g/mol. The third-order valence-corrected chi connectivity index (χ3v) is 6.83. The highest BCUT2D eigenvalue weighted by molar-refractivity contribution is 8.00. The summed E-state index contributed by atoms with van der Waals surface area (Å²) in [4.78, 5) is 31.6. The first-order valence-corrected chi connectivity index (χ1v) is 11.9. The van der Waals surface area contributed by atoms with Crippen molar-refractivity contribution in [3.05, 3.63) is 69.2 Å². The van der Waals surface area contributed by atoms with Gasteiger partial charge in [0.15, 0.2) is 5.13 Å². The third kappa shape index (κ3) is 5.87. The highest BCUT2D eigenvalue weighted by Gasteiger charge is 2.22. The number of hydrogen-bond acceptors (Lipinski definition) is 6. The number of aryl methyl sites for hydroxylation is 3. The second-order valence-corrected chi connectivity index (χ2v) is 9.36. The van der Waals surface area contributed by atoms with E-state index in [2.05, 4.69) is 4.98 Å². The lowest BCUT2D eigenvalue weighted by Crippen LogP contribution is -2.24. The van der Waals surface area contributed by atoms with E-state index in [1.807, 2.05) is 51.1 Å². The second-order valence-electron chi connectivity index (χ2n) is 7.10. The molecule has 0 bridgehead atoms. The summed E-state index contributed by atoms with van der Waals surface area (Å²) in [5.74, 6) is -0.320. The first-order valence-electron chi connectivity index (χ1n) is 9.62. The van der Waals surface area contributed by atoms with Crippen LogP contribution in [0.3, 0.4) is 0 Å². The van der Waals surface area contributed by atoms with Crippen LogP contribution in [0.2, 0.25) is 5.02 Å². The molecule has 0 unspecified atom stereocenters. The Morgan fingerprint density at radius 3 is 2.48 bits per heavy atom. The molecule has 31 heavy (non-hydrogen) atoms. The number of nitrogens with zero attached hydrogens (tertiary/aromatic N) is 2. The van der Waals surface area contributed by atoms with Crippen molar-refractivity contribution in [3.8, 4) is 0 Å². The molecular formula is C23H23ClN2O3S2. The molecule has 162 valence electrons. The zero-order valence-electron chi connectivity index (χ0n) is 17.8. The molecule has 3 rings (SSSR count). The fourth-order valence-corrected chi connectivity index (χ4v) is 5.17. The number of rotatable bonds is 7. The normalized spacial score (nSPS) is 10.7. The van der Waals surface area contributed by atoms with Crippen LogP contribution in [0.4, 0.5) is 10.8 Å². The largest absolute Gasteiger partial charge is 0.459 e. The van der Waals surface area contributed by atoms with Gasteiger partial charge in [-0.25, -0.2) is 4.98 Å². The number of amides is 1. The van der Waals surface area contributed by atoms with E-state index >= 15 is 0 Å². The number of carbonyl (C=O) groups excluding carboxylic acids is 2. The summed E-state index contributed by atoms with van der Waals surface area (Å²) in [5.41, 5.74) is 4.60. The van der Waals surface area contributed by atoms with Crippen LogP contribution in [0, 0.1) is 20.8 Å². The number of ether oxygens (including phenoxy) is 1. The maximum atomic E-state index is 12.5. The number of hydrogen-bond donors (Lipinski definition) is 0. The van der Waals surface area contributed by atoms with Gasteiger partial charge in [0.1, 0.15) is 6.61 Å².